The van der Waals surface area contributed by atoms with Crippen molar-refractivity contribution in [2.45, 2.75) is 64.8 Å². The van der Waals surface area contributed by atoms with E-state index in [0.717, 1.165) is 25.7 Å². The highest BCUT2D eigenvalue weighted by Gasteiger charge is 2.33. The van der Waals surface area contributed by atoms with Crippen molar-refractivity contribution in [3.63, 3.8) is 0 Å². The van der Waals surface area contributed by atoms with Crippen molar-refractivity contribution in [1.82, 2.24) is 4.90 Å². The normalized spacial score (nSPS) is 25.1. The Hall–Kier alpha value is -0.570. The van der Waals surface area contributed by atoms with E-state index in [1.54, 1.807) is 0 Å². The number of rotatable bonds is 7. The molecule has 0 aromatic rings. The van der Waals surface area contributed by atoms with Gasteiger partial charge in [-0.15, -0.1) is 0 Å². The molecule has 2 N–H and O–H groups in total. The van der Waals surface area contributed by atoms with E-state index in [1.165, 1.54) is 19.3 Å². The van der Waals surface area contributed by atoms with Crippen molar-refractivity contribution in [2.24, 2.45) is 17.6 Å². The van der Waals surface area contributed by atoms with Gasteiger partial charge in [-0.2, -0.15) is 0 Å². The molecular formula is C15H30N2O. The fourth-order valence-electron chi connectivity index (χ4n) is 3.21. The number of nitrogens with two attached hydrogens (primary N) is 1. The lowest BCUT2D eigenvalue weighted by atomic mass is 9.95. The Morgan fingerprint density at radius 2 is 2.11 bits per heavy atom. The number of hydrogen-bond donors (Lipinski definition) is 1. The molecule has 3 unspecified atom stereocenters. The second-order valence-corrected chi connectivity index (χ2v) is 5.69. The van der Waals surface area contributed by atoms with Crippen LogP contribution in [-0.4, -0.2) is 30.4 Å². The zero-order chi connectivity index (χ0) is 13.5. The maximum absolute atomic E-state index is 12.5. The van der Waals surface area contributed by atoms with E-state index in [1.807, 2.05) is 11.9 Å². The molecule has 0 aromatic heterocycles. The summed E-state index contributed by atoms with van der Waals surface area (Å²) in [6.45, 7) is 5.03. The van der Waals surface area contributed by atoms with Crippen LogP contribution in [0.2, 0.25) is 0 Å². The van der Waals surface area contributed by atoms with Gasteiger partial charge in [0, 0.05) is 19.0 Å². The predicted octanol–water partition coefficient (Wildman–Crippen LogP) is 2.79. The second kappa shape index (κ2) is 7.78. The largest absolute Gasteiger partial charge is 0.342 e. The van der Waals surface area contributed by atoms with Gasteiger partial charge in [-0.1, -0.05) is 33.1 Å². The molecule has 0 aromatic carbocycles. The van der Waals surface area contributed by atoms with Gasteiger partial charge in [-0.3, -0.25) is 4.79 Å². The molecule has 3 heteroatoms. The molecule has 3 atom stereocenters. The molecule has 1 aliphatic carbocycles. The first-order chi connectivity index (χ1) is 8.65. The molecule has 0 radical (unpaired) electrons. The van der Waals surface area contributed by atoms with Crippen molar-refractivity contribution in [1.29, 1.82) is 0 Å². The van der Waals surface area contributed by atoms with Gasteiger partial charge in [0.1, 0.15) is 0 Å². The number of carbonyl (C=O) groups excluding carboxylic acids is 1. The van der Waals surface area contributed by atoms with Crippen LogP contribution in [0, 0.1) is 11.8 Å². The minimum absolute atomic E-state index is 0.217. The third-order valence-corrected chi connectivity index (χ3v) is 4.51. The molecule has 18 heavy (non-hydrogen) atoms. The van der Waals surface area contributed by atoms with Crippen molar-refractivity contribution >= 4 is 5.91 Å². The average Bonchev–Trinajstić information content (AvgIpc) is 2.86. The number of unbranched alkanes of at least 4 members (excludes halogenated alkanes) is 1. The van der Waals surface area contributed by atoms with Gasteiger partial charge in [0.15, 0.2) is 0 Å². The summed E-state index contributed by atoms with van der Waals surface area (Å²) in [4.78, 5) is 14.5. The second-order valence-electron chi connectivity index (χ2n) is 5.69. The monoisotopic (exact) mass is 254 g/mol. The smallest absolute Gasteiger partial charge is 0.225 e. The lowest BCUT2D eigenvalue weighted by molar-refractivity contribution is -0.137. The van der Waals surface area contributed by atoms with E-state index >= 15 is 0 Å². The molecular weight excluding hydrogens is 224 g/mol. The Labute approximate surface area is 112 Å². The number of hydrogen-bond acceptors (Lipinski definition) is 2. The minimum Gasteiger partial charge on any atom is -0.342 e. The van der Waals surface area contributed by atoms with Crippen LogP contribution in [0.15, 0.2) is 0 Å². The van der Waals surface area contributed by atoms with Gasteiger partial charge in [0.2, 0.25) is 5.91 Å². The summed E-state index contributed by atoms with van der Waals surface area (Å²) in [7, 11) is 1.98. The molecule has 1 saturated carbocycles. The van der Waals surface area contributed by atoms with Crippen molar-refractivity contribution in [3.8, 4) is 0 Å². The summed E-state index contributed by atoms with van der Waals surface area (Å²) in [5.41, 5.74) is 5.81. The third-order valence-electron chi connectivity index (χ3n) is 4.51. The maximum Gasteiger partial charge on any atom is 0.225 e. The Kier molecular flexibility index (Phi) is 6.69. The molecule has 1 aliphatic rings. The summed E-state index contributed by atoms with van der Waals surface area (Å²) >= 11 is 0. The summed E-state index contributed by atoms with van der Waals surface area (Å²) in [5.74, 6) is 1.08. The summed E-state index contributed by atoms with van der Waals surface area (Å²) in [5, 5.41) is 0. The van der Waals surface area contributed by atoms with Crippen LogP contribution in [0.5, 0.6) is 0 Å². The summed E-state index contributed by atoms with van der Waals surface area (Å²) in [6.07, 6.45) is 7.86. The number of carbonyl (C=O) groups is 1. The van der Waals surface area contributed by atoms with E-state index in [9.17, 15) is 4.79 Å². The van der Waals surface area contributed by atoms with E-state index in [-0.39, 0.29) is 5.92 Å². The fourth-order valence-corrected chi connectivity index (χ4v) is 3.21. The standard InChI is InChI=1S/C15H30N2O/c1-4-6-8-12(5-2)15(18)17(3)14-10-7-9-13(14)11-16/h12-14H,4-11,16H2,1-3H3. The first-order valence-corrected chi connectivity index (χ1v) is 7.62. The van der Waals surface area contributed by atoms with Gasteiger partial charge in [-0.05, 0) is 38.1 Å². The van der Waals surface area contributed by atoms with E-state index in [0.29, 0.717) is 24.4 Å². The first kappa shape index (κ1) is 15.5. The van der Waals surface area contributed by atoms with Gasteiger partial charge in [0.05, 0.1) is 0 Å². The highest BCUT2D eigenvalue weighted by Crippen LogP contribution is 2.30. The summed E-state index contributed by atoms with van der Waals surface area (Å²) in [6, 6.07) is 0.387. The van der Waals surface area contributed by atoms with E-state index in [2.05, 4.69) is 13.8 Å². The van der Waals surface area contributed by atoms with Crippen molar-refractivity contribution < 1.29 is 4.79 Å². The first-order valence-electron chi connectivity index (χ1n) is 7.62. The number of amides is 1. The fraction of sp³-hybridized carbons (Fsp3) is 0.933. The topological polar surface area (TPSA) is 46.3 Å². The van der Waals surface area contributed by atoms with E-state index < -0.39 is 0 Å². The van der Waals surface area contributed by atoms with Gasteiger partial charge < -0.3 is 10.6 Å². The quantitative estimate of drug-likeness (QED) is 0.759. The van der Waals surface area contributed by atoms with Crippen LogP contribution < -0.4 is 5.73 Å². The zero-order valence-corrected chi connectivity index (χ0v) is 12.3. The summed E-state index contributed by atoms with van der Waals surface area (Å²) < 4.78 is 0. The van der Waals surface area contributed by atoms with Crippen LogP contribution in [0.3, 0.4) is 0 Å². The molecule has 0 heterocycles. The Balaban J connectivity index is 2.57. The van der Waals surface area contributed by atoms with Gasteiger partial charge in [0.25, 0.3) is 0 Å². The SMILES string of the molecule is CCCCC(CC)C(=O)N(C)C1CCCC1CN. The molecule has 0 spiro atoms. The van der Waals surface area contributed by atoms with Gasteiger partial charge >= 0.3 is 0 Å². The lowest BCUT2D eigenvalue weighted by Crippen LogP contribution is -2.44. The molecule has 0 aliphatic heterocycles. The Morgan fingerprint density at radius 3 is 2.67 bits per heavy atom. The Morgan fingerprint density at radius 1 is 1.39 bits per heavy atom. The lowest BCUT2D eigenvalue weighted by Gasteiger charge is -2.32. The zero-order valence-electron chi connectivity index (χ0n) is 12.3. The van der Waals surface area contributed by atoms with Crippen LogP contribution in [0.1, 0.15) is 58.8 Å². The van der Waals surface area contributed by atoms with E-state index in [4.69, 9.17) is 5.73 Å². The number of nitrogens with zero attached hydrogens (tertiary/aromatic N) is 1. The highest BCUT2D eigenvalue weighted by atomic mass is 16.2. The predicted molar refractivity (Wildman–Crippen MR) is 76.3 cm³/mol. The van der Waals surface area contributed by atoms with Crippen molar-refractivity contribution in [3.05, 3.63) is 0 Å². The van der Waals surface area contributed by atoms with Crippen LogP contribution in [-0.2, 0) is 4.79 Å². The molecule has 0 bridgehead atoms. The van der Waals surface area contributed by atoms with Crippen LogP contribution in [0.4, 0.5) is 0 Å². The maximum atomic E-state index is 12.5. The van der Waals surface area contributed by atoms with Crippen LogP contribution in [0.25, 0.3) is 0 Å². The molecule has 3 nitrogen and oxygen atoms in total. The Bertz CT molecular complexity index is 255. The molecule has 0 saturated heterocycles. The van der Waals surface area contributed by atoms with Crippen LogP contribution >= 0.6 is 0 Å². The average molecular weight is 254 g/mol. The molecule has 106 valence electrons. The molecule has 1 rings (SSSR count). The van der Waals surface area contributed by atoms with Gasteiger partial charge in [-0.25, -0.2) is 0 Å². The minimum atomic E-state index is 0.217. The molecule has 1 amide bonds. The third kappa shape index (κ3) is 3.71. The van der Waals surface area contributed by atoms with Crippen molar-refractivity contribution in [2.75, 3.05) is 13.6 Å². The highest BCUT2D eigenvalue weighted by molar-refractivity contribution is 5.78. The molecule has 1 fully saturated rings.